The van der Waals surface area contributed by atoms with Crippen LogP contribution in [0.15, 0.2) is 0 Å². The van der Waals surface area contributed by atoms with E-state index >= 15 is 0 Å². The van der Waals surface area contributed by atoms with Gasteiger partial charge in [-0.1, -0.05) is 0 Å². The standard InChI is InChI=1S/C13H23IN2O2/c1-11(17)16-8-5-12(6-9-16)10-15(2)7-3-4-13(14)18/h12H,3-10H2,1-2H3. The molecular weight excluding hydrogens is 343 g/mol. The Hall–Kier alpha value is -0.170. The van der Waals surface area contributed by atoms with E-state index in [4.69, 9.17) is 0 Å². The monoisotopic (exact) mass is 366 g/mol. The summed E-state index contributed by atoms with van der Waals surface area (Å²) in [6, 6.07) is 0. The number of piperidine rings is 1. The van der Waals surface area contributed by atoms with Gasteiger partial charge in [0.2, 0.25) is 5.91 Å². The van der Waals surface area contributed by atoms with E-state index < -0.39 is 0 Å². The van der Waals surface area contributed by atoms with Crippen LogP contribution in [0.2, 0.25) is 0 Å². The van der Waals surface area contributed by atoms with Gasteiger partial charge in [0, 0.05) is 33.0 Å². The van der Waals surface area contributed by atoms with E-state index in [1.165, 1.54) is 0 Å². The molecule has 1 amide bonds. The van der Waals surface area contributed by atoms with E-state index in [0.29, 0.717) is 12.3 Å². The van der Waals surface area contributed by atoms with Crippen molar-refractivity contribution >= 4 is 32.3 Å². The van der Waals surface area contributed by atoms with Gasteiger partial charge in [0.15, 0.2) is 3.79 Å². The second-order valence-corrected chi connectivity index (χ2v) is 6.37. The molecule has 0 aliphatic carbocycles. The first-order valence-electron chi connectivity index (χ1n) is 6.61. The molecule has 1 fully saturated rings. The highest BCUT2D eigenvalue weighted by atomic mass is 127. The number of hydrogen-bond acceptors (Lipinski definition) is 3. The van der Waals surface area contributed by atoms with Crippen LogP contribution in [0.1, 0.15) is 32.6 Å². The third-order valence-corrected chi connectivity index (χ3v) is 4.08. The maximum absolute atomic E-state index is 11.2. The minimum Gasteiger partial charge on any atom is -0.343 e. The lowest BCUT2D eigenvalue weighted by molar-refractivity contribution is -0.130. The van der Waals surface area contributed by atoms with Crippen molar-refractivity contribution in [1.82, 2.24) is 9.80 Å². The Morgan fingerprint density at radius 3 is 2.44 bits per heavy atom. The maximum atomic E-state index is 11.2. The first kappa shape index (κ1) is 15.9. The van der Waals surface area contributed by atoms with Gasteiger partial charge in [0.25, 0.3) is 0 Å². The summed E-state index contributed by atoms with van der Waals surface area (Å²) in [6.45, 7) is 5.52. The molecule has 4 nitrogen and oxygen atoms in total. The number of hydrogen-bond donors (Lipinski definition) is 0. The molecule has 18 heavy (non-hydrogen) atoms. The predicted octanol–water partition coefficient (Wildman–Crippen LogP) is 1.92. The summed E-state index contributed by atoms with van der Waals surface area (Å²) in [5, 5.41) is 0. The van der Waals surface area contributed by atoms with Crippen LogP contribution in [0.25, 0.3) is 0 Å². The van der Waals surface area contributed by atoms with Crippen molar-refractivity contribution in [1.29, 1.82) is 0 Å². The zero-order chi connectivity index (χ0) is 13.5. The molecule has 0 saturated carbocycles. The average Bonchev–Trinajstić information content (AvgIpc) is 2.29. The third kappa shape index (κ3) is 6.13. The molecular formula is C13H23IN2O2. The zero-order valence-corrected chi connectivity index (χ0v) is 13.5. The van der Waals surface area contributed by atoms with E-state index in [1.54, 1.807) is 6.92 Å². The van der Waals surface area contributed by atoms with Crippen LogP contribution in [-0.2, 0) is 9.59 Å². The molecule has 0 spiro atoms. The van der Waals surface area contributed by atoms with Crippen molar-refractivity contribution in [2.45, 2.75) is 32.6 Å². The highest BCUT2D eigenvalue weighted by Crippen LogP contribution is 2.18. The summed E-state index contributed by atoms with van der Waals surface area (Å²) >= 11 is 1.86. The van der Waals surface area contributed by atoms with Gasteiger partial charge in [0.1, 0.15) is 0 Å². The molecule has 0 atom stereocenters. The maximum Gasteiger partial charge on any atom is 0.219 e. The molecule has 1 aliphatic heterocycles. The molecule has 0 aromatic rings. The predicted molar refractivity (Wildman–Crippen MR) is 80.7 cm³/mol. The molecule has 1 aliphatic rings. The van der Waals surface area contributed by atoms with Crippen LogP contribution in [0.5, 0.6) is 0 Å². The highest BCUT2D eigenvalue weighted by molar-refractivity contribution is 14.1. The number of halogens is 1. The Bertz CT molecular complexity index is 289. The molecule has 1 saturated heterocycles. The number of carbonyl (C=O) groups excluding carboxylic acids is 2. The van der Waals surface area contributed by atoms with Gasteiger partial charge < -0.3 is 9.80 Å². The lowest BCUT2D eigenvalue weighted by Crippen LogP contribution is -2.40. The van der Waals surface area contributed by atoms with Crippen LogP contribution in [-0.4, -0.2) is 52.7 Å². The van der Waals surface area contributed by atoms with Gasteiger partial charge in [-0.3, -0.25) is 9.59 Å². The van der Waals surface area contributed by atoms with Crippen LogP contribution in [0.4, 0.5) is 0 Å². The number of likely N-dealkylation sites (tertiary alicyclic amines) is 1. The summed E-state index contributed by atoms with van der Waals surface area (Å²) in [6.07, 6.45) is 3.84. The van der Waals surface area contributed by atoms with E-state index in [0.717, 1.165) is 45.4 Å². The highest BCUT2D eigenvalue weighted by Gasteiger charge is 2.21. The Morgan fingerprint density at radius 2 is 1.94 bits per heavy atom. The summed E-state index contributed by atoms with van der Waals surface area (Å²) in [5.74, 6) is 0.892. The minimum absolute atomic E-state index is 0.197. The van der Waals surface area contributed by atoms with E-state index in [9.17, 15) is 9.59 Å². The fraction of sp³-hybridized carbons (Fsp3) is 0.846. The van der Waals surface area contributed by atoms with Gasteiger partial charge in [-0.2, -0.15) is 0 Å². The van der Waals surface area contributed by atoms with Crippen LogP contribution < -0.4 is 0 Å². The van der Waals surface area contributed by atoms with Crippen molar-refractivity contribution in [2.75, 3.05) is 33.2 Å². The Kier molecular flexibility index (Phi) is 7.14. The fourth-order valence-electron chi connectivity index (χ4n) is 2.45. The van der Waals surface area contributed by atoms with Crippen molar-refractivity contribution in [3.63, 3.8) is 0 Å². The molecule has 0 bridgehead atoms. The van der Waals surface area contributed by atoms with Crippen molar-refractivity contribution in [3.05, 3.63) is 0 Å². The van der Waals surface area contributed by atoms with Crippen molar-refractivity contribution in [3.8, 4) is 0 Å². The summed E-state index contributed by atoms with van der Waals surface area (Å²) in [7, 11) is 2.12. The van der Waals surface area contributed by atoms with Crippen molar-refractivity contribution in [2.24, 2.45) is 5.92 Å². The second-order valence-electron chi connectivity index (χ2n) is 5.17. The Balaban J connectivity index is 2.16. The number of rotatable bonds is 6. The topological polar surface area (TPSA) is 40.6 Å². The molecule has 0 aromatic heterocycles. The third-order valence-electron chi connectivity index (χ3n) is 3.54. The number of amides is 1. The normalized spacial score (nSPS) is 17.2. The van der Waals surface area contributed by atoms with Gasteiger partial charge in [-0.25, -0.2) is 0 Å². The van der Waals surface area contributed by atoms with E-state index in [1.807, 2.05) is 27.5 Å². The molecule has 0 unspecified atom stereocenters. The van der Waals surface area contributed by atoms with Gasteiger partial charge >= 0.3 is 0 Å². The minimum atomic E-state index is 0.197. The van der Waals surface area contributed by atoms with Gasteiger partial charge in [0.05, 0.1) is 0 Å². The molecule has 0 radical (unpaired) electrons. The molecule has 0 N–H and O–H groups in total. The summed E-state index contributed by atoms with van der Waals surface area (Å²) in [5.41, 5.74) is 0. The molecule has 5 heteroatoms. The number of carbonyl (C=O) groups is 2. The lowest BCUT2D eigenvalue weighted by atomic mass is 9.96. The summed E-state index contributed by atoms with van der Waals surface area (Å²) in [4.78, 5) is 26.3. The van der Waals surface area contributed by atoms with Crippen LogP contribution in [0.3, 0.4) is 0 Å². The Labute approximate surface area is 123 Å². The molecule has 104 valence electrons. The quantitative estimate of drug-likeness (QED) is 0.533. The smallest absolute Gasteiger partial charge is 0.219 e. The fourth-order valence-corrected chi connectivity index (χ4v) is 2.83. The second kappa shape index (κ2) is 8.09. The Morgan fingerprint density at radius 1 is 1.33 bits per heavy atom. The van der Waals surface area contributed by atoms with Gasteiger partial charge in [-0.05, 0) is 61.4 Å². The molecule has 0 aromatic carbocycles. The first-order chi connectivity index (χ1) is 8.49. The number of nitrogens with zero attached hydrogens (tertiary/aromatic N) is 2. The SMILES string of the molecule is CC(=O)N1CCC(CN(C)CCCC(=O)I)CC1. The van der Waals surface area contributed by atoms with E-state index in [-0.39, 0.29) is 9.70 Å². The molecule has 1 heterocycles. The first-order valence-corrected chi connectivity index (χ1v) is 7.69. The largest absolute Gasteiger partial charge is 0.343 e. The average molecular weight is 366 g/mol. The van der Waals surface area contributed by atoms with Crippen molar-refractivity contribution < 1.29 is 9.59 Å². The van der Waals surface area contributed by atoms with Crippen LogP contribution in [0, 0.1) is 5.92 Å². The van der Waals surface area contributed by atoms with Gasteiger partial charge in [-0.15, -0.1) is 0 Å². The van der Waals surface area contributed by atoms with Crippen LogP contribution >= 0.6 is 22.6 Å². The van der Waals surface area contributed by atoms with E-state index in [2.05, 4.69) is 11.9 Å². The lowest BCUT2D eigenvalue weighted by Gasteiger charge is -2.33. The zero-order valence-electron chi connectivity index (χ0n) is 11.3. The summed E-state index contributed by atoms with van der Waals surface area (Å²) < 4.78 is 0.246. The molecule has 1 rings (SSSR count).